The standard InChI is InChI=1S/C59H50BN5O/c1-40(2)48-29-15-25-44-24-14-23-41-22-10-11-28-49(41)56-38-61-59-52-37-47(34-35-53(52)62(3)60(57(44)48)65(56)59)66-46-27-16-26-45(36-46)63-39-64(55-33-13-12-32-54(55)63)58-50(42-18-6-4-7-19-42)30-17-31-51(58)43-20-8-5-9-21-43/h4-13,15-22,25-38,40H,14,23-24,39H2,1-3H3. The lowest BCUT2D eigenvalue weighted by Gasteiger charge is -2.38. The second-order valence-corrected chi connectivity index (χ2v) is 18.1. The van der Waals surface area contributed by atoms with Crippen LogP contribution in [0.2, 0.25) is 0 Å². The van der Waals surface area contributed by atoms with Gasteiger partial charge in [0.1, 0.15) is 24.0 Å². The molecule has 0 amide bonds. The quantitative estimate of drug-likeness (QED) is 0.149. The molecule has 0 unspecified atom stereocenters. The Labute approximate surface area is 388 Å². The molecule has 0 radical (unpaired) electrons. The molecule has 3 aliphatic rings. The molecule has 7 heteroatoms. The number of hydrogen-bond acceptors (Lipinski definition) is 5. The van der Waals surface area contributed by atoms with Crippen molar-refractivity contribution in [3.05, 3.63) is 211 Å². The number of fused-ring (bicyclic) bond motifs is 7. The minimum atomic E-state index is -0.0560. The van der Waals surface area contributed by atoms with Gasteiger partial charge >= 0.3 is 6.98 Å². The molecule has 0 aliphatic carbocycles. The molecular formula is C59H50BN5O. The number of imidazole rings is 1. The van der Waals surface area contributed by atoms with Crippen LogP contribution in [0.3, 0.4) is 0 Å². The van der Waals surface area contributed by atoms with E-state index < -0.39 is 0 Å². The second kappa shape index (κ2) is 16.3. The van der Waals surface area contributed by atoms with Gasteiger partial charge in [-0.25, -0.2) is 4.98 Å². The van der Waals surface area contributed by atoms with E-state index in [1.54, 1.807) is 0 Å². The van der Waals surface area contributed by atoms with E-state index in [0.29, 0.717) is 12.6 Å². The van der Waals surface area contributed by atoms with Gasteiger partial charge < -0.3 is 23.8 Å². The molecule has 0 fully saturated rings. The Bertz CT molecular complexity index is 3210. The number of aromatic nitrogens is 2. The van der Waals surface area contributed by atoms with Crippen LogP contribution in [-0.4, -0.2) is 30.2 Å². The van der Waals surface area contributed by atoms with Gasteiger partial charge in [0.2, 0.25) is 0 Å². The average molecular weight is 856 g/mol. The summed E-state index contributed by atoms with van der Waals surface area (Å²) in [5.74, 6) is 2.88. The summed E-state index contributed by atoms with van der Waals surface area (Å²) in [7, 11) is 2.25. The Kier molecular flexibility index (Phi) is 9.86. The Balaban J connectivity index is 0.920. The average Bonchev–Trinajstić information content (AvgIpc) is 3.98. The molecule has 0 saturated carbocycles. The molecule has 0 atom stereocenters. The number of rotatable bonds is 7. The highest BCUT2D eigenvalue weighted by molar-refractivity contribution is 6.77. The molecule has 12 rings (SSSR count). The zero-order valence-corrected chi connectivity index (χ0v) is 37.6. The summed E-state index contributed by atoms with van der Waals surface area (Å²) in [5, 5.41) is 0. The monoisotopic (exact) mass is 855 g/mol. The summed E-state index contributed by atoms with van der Waals surface area (Å²) >= 11 is 0. The van der Waals surface area contributed by atoms with Crippen molar-refractivity contribution in [2.24, 2.45) is 0 Å². The SMILES string of the molecule is CC(C)c1cccc2c1B1N(C)c3ccc(Oc4cccc(N5CN(c6c(-c7ccccc7)cccc6-c6ccccc6)c6ccccc65)c4)cc3-c3ncc(n31)-c1ccccc1CCC2. The van der Waals surface area contributed by atoms with Crippen LogP contribution < -0.4 is 24.8 Å². The van der Waals surface area contributed by atoms with Crippen LogP contribution in [0.15, 0.2) is 194 Å². The fourth-order valence-electron chi connectivity index (χ4n) is 10.8. The van der Waals surface area contributed by atoms with Crippen LogP contribution in [0.1, 0.15) is 42.9 Å². The van der Waals surface area contributed by atoms with E-state index in [1.807, 2.05) is 0 Å². The molecular weight excluding hydrogens is 805 g/mol. The van der Waals surface area contributed by atoms with Crippen LogP contribution in [0.25, 0.3) is 44.9 Å². The van der Waals surface area contributed by atoms with E-state index in [-0.39, 0.29) is 6.98 Å². The fraction of sp³-hybridized carbons (Fsp3) is 0.136. The molecule has 6 nitrogen and oxygen atoms in total. The zero-order valence-electron chi connectivity index (χ0n) is 37.6. The first-order valence-corrected chi connectivity index (χ1v) is 23.3. The van der Waals surface area contributed by atoms with Crippen molar-refractivity contribution in [3.63, 3.8) is 0 Å². The van der Waals surface area contributed by atoms with E-state index in [1.165, 1.54) is 55.7 Å². The molecule has 9 aromatic rings. The van der Waals surface area contributed by atoms with Gasteiger partial charge in [-0.1, -0.05) is 153 Å². The van der Waals surface area contributed by atoms with Gasteiger partial charge in [-0.2, -0.15) is 0 Å². The second-order valence-electron chi connectivity index (χ2n) is 18.1. The van der Waals surface area contributed by atoms with Gasteiger partial charge in [0.15, 0.2) is 0 Å². The zero-order chi connectivity index (χ0) is 44.3. The number of aryl methyl sites for hydroxylation is 2. The van der Waals surface area contributed by atoms with E-state index in [9.17, 15) is 0 Å². The van der Waals surface area contributed by atoms with Crippen LogP contribution >= 0.6 is 0 Å². The molecule has 1 aromatic heterocycles. The van der Waals surface area contributed by atoms with E-state index in [4.69, 9.17) is 9.72 Å². The number of benzene rings is 8. The predicted octanol–water partition coefficient (Wildman–Crippen LogP) is 13.9. The summed E-state index contributed by atoms with van der Waals surface area (Å²) in [6, 6.07) is 67.8. The summed E-state index contributed by atoms with van der Waals surface area (Å²) in [5.41, 5.74) is 19.5. The van der Waals surface area contributed by atoms with Crippen molar-refractivity contribution >= 4 is 40.9 Å². The minimum absolute atomic E-state index is 0.0560. The third kappa shape index (κ3) is 6.68. The number of para-hydroxylation sites is 3. The molecule has 0 N–H and O–H groups in total. The lowest BCUT2D eigenvalue weighted by atomic mass is 9.58. The summed E-state index contributed by atoms with van der Waals surface area (Å²) < 4.78 is 9.37. The lowest BCUT2D eigenvalue weighted by Crippen LogP contribution is -2.57. The normalized spacial score (nSPS) is 13.8. The maximum Gasteiger partial charge on any atom is 0.417 e. The first-order valence-electron chi connectivity index (χ1n) is 23.3. The Morgan fingerprint density at radius 1 is 0.545 bits per heavy atom. The lowest BCUT2D eigenvalue weighted by molar-refractivity contribution is 0.483. The van der Waals surface area contributed by atoms with Gasteiger partial charge in [0.05, 0.1) is 29.0 Å². The van der Waals surface area contributed by atoms with Crippen molar-refractivity contribution in [2.45, 2.75) is 39.0 Å². The molecule has 320 valence electrons. The molecule has 0 bridgehead atoms. The van der Waals surface area contributed by atoms with Crippen LogP contribution in [0.5, 0.6) is 11.5 Å². The third-order valence-electron chi connectivity index (χ3n) is 13.9. The van der Waals surface area contributed by atoms with Crippen molar-refractivity contribution in [3.8, 4) is 56.4 Å². The highest BCUT2D eigenvalue weighted by Crippen LogP contribution is 2.50. The summed E-state index contributed by atoms with van der Waals surface area (Å²) in [6.07, 6.45) is 5.25. The van der Waals surface area contributed by atoms with Crippen LogP contribution in [0.4, 0.5) is 28.4 Å². The summed E-state index contributed by atoms with van der Waals surface area (Å²) in [4.78, 5) is 12.6. The van der Waals surface area contributed by atoms with Gasteiger partial charge in [0, 0.05) is 39.7 Å². The minimum Gasteiger partial charge on any atom is -0.457 e. The van der Waals surface area contributed by atoms with E-state index in [0.717, 1.165) is 70.6 Å². The fourth-order valence-corrected chi connectivity index (χ4v) is 10.8. The number of anilines is 5. The molecule has 8 aromatic carbocycles. The van der Waals surface area contributed by atoms with Crippen LogP contribution in [-0.2, 0) is 12.8 Å². The predicted molar refractivity (Wildman–Crippen MR) is 274 cm³/mol. The maximum atomic E-state index is 6.87. The maximum absolute atomic E-state index is 6.87. The highest BCUT2D eigenvalue weighted by Gasteiger charge is 2.41. The first kappa shape index (κ1) is 39.8. The first-order chi connectivity index (χ1) is 32.5. The molecule has 0 spiro atoms. The topological polar surface area (TPSA) is 36.8 Å². The van der Waals surface area contributed by atoms with E-state index >= 15 is 0 Å². The molecule has 3 aliphatic heterocycles. The third-order valence-corrected chi connectivity index (χ3v) is 13.9. The van der Waals surface area contributed by atoms with Gasteiger partial charge in [-0.15, -0.1) is 0 Å². The van der Waals surface area contributed by atoms with Gasteiger partial charge in [0.25, 0.3) is 0 Å². The highest BCUT2D eigenvalue weighted by atomic mass is 16.5. The van der Waals surface area contributed by atoms with Crippen LogP contribution in [0, 0.1) is 0 Å². The smallest absolute Gasteiger partial charge is 0.417 e. The Morgan fingerprint density at radius 3 is 1.92 bits per heavy atom. The largest absolute Gasteiger partial charge is 0.457 e. The van der Waals surface area contributed by atoms with Gasteiger partial charge in [-0.05, 0) is 108 Å². The van der Waals surface area contributed by atoms with Crippen molar-refractivity contribution in [2.75, 3.05) is 28.3 Å². The van der Waals surface area contributed by atoms with Crippen molar-refractivity contribution in [1.82, 2.24) is 9.46 Å². The number of ether oxygens (including phenoxy) is 1. The molecule has 66 heavy (non-hydrogen) atoms. The Hall–Kier alpha value is -7.77. The van der Waals surface area contributed by atoms with Gasteiger partial charge in [-0.3, -0.25) is 0 Å². The number of hydrogen-bond donors (Lipinski definition) is 0. The summed E-state index contributed by atoms with van der Waals surface area (Å²) in [6.45, 7) is 5.22. The molecule has 0 saturated heterocycles. The van der Waals surface area contributed by atoms with E-state index in [2.05, 4.69) is 234 Å². The van der Waals surface area contributed by atoms with Crippen molar-refractivity contribution in [1.29, 1.82) is 0 Å². The Morgan fingerprint density at radius 2 is 1.17 bits per heavy atom. The number of nitrogens with zero attached hydrogens (tertiary/aromatic N) is 5. The molecule has 4 heterocycles. The van der Waals surface area contributed by atoms with Crippen molar-refractivity contribution < 1.29 is 4.74 Å².